The van der Waals surface area contributed by atoms with Gasteiger partial charge in [-0.05, 0) is 140 Å². The minimum atomic E-state index is -0.621. The van der Waals surface area contributed by atoms with Crippen LogP contribution in [0.2, 0.25) is 0 Å². The molecule has 6 aliphatic carbocycles. The molecule has 0 bridgehead atoms. The van der Waals surface area contributed by atoms with Crippen molar-refractivity contribution in [1.82, 2.24) is 14.5 Å². The van der Waals surface area contributed by atoms with Gasteiger partial charge in [0.05, 0.1) is 5.92 Å². The Morgan fingerprint density at radius 3 is 2.37 bits per heavy atom. The van der Waals surface area contributed by atoms with Crippen molar-refractivity contribution in [2.24, 2.45) is 51.2 Å². The van der Waals surface area contributed by atoms with E-state index in [0.29, 0.717) is 34.1 Å². The molecule has 46 heavy (non-hydrogen) atoms. The number of hydrogen-bond donors (Lipinski definition) is 2. The highest BCUT2D eigenvalue weighted by Gasteiger charge is 2.69. The average Bonchev–Trinajstić information content (AvgIpc) is 3.46. The number of aliphatic carboxylic acids is 1. The van der Waals surface area contributed by atoms with E-state index >= 15 is 0 Å². The summed E-state index contributed by atoms with van der Waals surface area (Å²) in [5.74, 6) is 2.38. The number of fused-ring (bicyclic) bond motifs is 7. The lowest BCUT2D eigenvalue weighted by Gasteiger charge is -2.72. The third kappa shape index (κ3) is 5.15. The van der Waals surface area contributed by atoms with Gasteiger partial charge in [-0.3, -0.25) is 9.69 Å². The number of nitrogens with one attached hydrogen (secondary N) is 1. The summed E-state index contributed by atoms with van der Waals surface area (Å²) in [4.78, 5) is 14.3. The summed E-state index contributed by atoms with van der Waals surface area (Å²) >= 11 is 1.91. The molecule has 0 radical (unpaired) electrons. The maximum atomic E-state index is 11.6. The van der Waals surface area contributed by atoms with Gasteiger partial charge in [-0.25, -0.2) is 4.31 Å². The minimum absolute atomic E-state index is 0.146. The van der Waals surface area contributed by atoms with Crippen LogP contribution in [0.25, 0.3) is 0 Å². The summed E-state index contributed by atoms with van der Waals surface area (Å²) in [6, 6.07) is 0. The van der Waals surface area contributed by atoms with Gasteiger partial charge in [-0.15, -0.1) is 0 Å². The fourth-order valence-corrected chi connectivity index (χ4v) is 14.5. The first-order valence-corrected chi connectivity index (χ1v) is 20.5. The summed E-state index contributed by atoms with van der Waals surface area (Å²) < 4.78 is 2.51. The Kier molecular flexibility index (Phi) is 8.93. The van der Waals surface area contributed by atoms with E-state index in [9.17, 15) is 9.90 Å². The molecule has 4 saturated carbocycles. The van der Waals surface area contributed by atoms with Gasteiger partial charge in [0, 0.05) is 44.8 Å². The zero-order valence-electron chi connectivity index (χ0n) is 30.1. The molecule has 7 unspecified atom stereocenters. The Morgan fingerprint density at radius 1 is 0.891 bits per heavy atom. The minimum Gasteiger partial charge on any atom is -0.481 e. The van der Waals surface area contributed by atoms with Crippen LogP contribution in [0.1, 0.15) is 118 Å². The van der Waals surface area contributed by atoms with E-state index in [1.807, 2.05) is 11.9 Å². The number of hydrogen-bond acceptors (Lipinski definition) is 5. The predicted molar refractivity (Wildman–Crippen MR) is 192 cm³/mol. The van der Waals surface area contributed by atoms with Gasteiger partial charge in [0.1, 0.15) is 0 Å². The Balaban J connectivity index is 1.08. The fraction of sp³-hybridized carbons (Fsp3) is 0.875. The third-order valence-corrected chi connectivity index (χ3v) is 17.4. The Labute approximate surface area is 285 Å². The van der Waals surface area contributed by atoms with Gasteiger partial charge < -0.3 is 10.4 Å². The SMILES string of the molecule is CSN1CCN(CCNC23CCC[C@@H]2C2CCC4C5(C)CC=C(C6=CCC(C(=O)O)CC6)C(C)(C)C5CCC4(C)[C@]2(C)CC3)CC1. The Hall–Kier alpha value is -0.820. The van der Waals surface area contributed by atoms with Crippen LogP contribution >= 0.6 is 11.9 Å². The summed E-state index contributed by atoms with van der Waals surface area (Å²) in [5.41, 5.74) is 4.74. The van der Waals surface area contributed by atoms with E-state index < -0.39 is 5.97 Å². The molecular weight excluding hydrogens is 587 g/mol. The molecule has 1 heterocycles. The maximum absolute atomic E-state index is 11.6. The predicted octanol–water partition coefficient (Wildman–Crippen LogP) is 8.43. The molecule has 0 amide bonds. The van der Waals surface area contributed by atoms with Crippen molar-refractivity contribution in [2.75, 3.05) is 45.5 Å². The van der Waals surface area contributed by atoms with Crippen LogP contribution in [0.5, 0.6) is 0 Å². The highest BCUT2D eigenvalue weighted by Crippen LogP contribution is 2.76. The zero-order valence-corrected chi connectivity index (χ0v) is 31.0. The average molecular weight is 652 g/mol. The molecule has 258 valence electrons. The summed E-state index contributed by atoms with van der Waals surface area (Å²) in [6.07, 6.45) is 23.4. The number of carbonyl (C=O) groups is 1. The van der Waals surface area contributed by atoms with Crippen LogP contribution in [0.4, 0.5) is 0 Å². The number of carboxylic acids is 1. The largest absolute Gasteiger partial charge is 0.481 e. The van der Waals surface area contributed by atoms with Crippen LogP contribution in [-0.4, -0.2) is 71.3 Å². The molecule has 6 heteroatoms. The Morgan fingerprint density at radius 2 is 1.67 bits per heavy atom. The third-order valence-electron chi connectivity index (χ3n) is 16.5. The summed E-state index contributed by atoms with van der Waals surface area (Å²) in [5, 5.41) is 13.9. The van der Waals surface area contributed by atoms with Gasteiger partial charge in [0.15, 0.2) is 0 Å². The molecule has 1 saturated heterocycles. The quantitative estimate of drug-likeness (QED) is 0.270. The maximum Gasteiger partial charge on any atom is 0.306 e. The molecule has 7 rings (SSSR count). The topological polar surface area (TPSA) is 55.8 Å². The van der Waals surface area contributed by atoms with Gasteiger partial charge >= 0.3 is 5.97 Å². The van der Waals surface area contributed by atoms with Crippen LogP contribution in [0, 0.1) is 51.2 Å². The van der Waals surface area contributed by atoms with E-state index in [0.717, 1.165) is 37.1 Å². The first-order chi connectivity index (χ1) is 21.9. The van der Waals surface area contributed by atoms with E-state index in [4.69, 9.17) is 0 Å². The molecule has 7 aliphatic rings. The molecule has 0 aromatic rings. The molecule has 0 aromatic heterocycles. The lowest BCUT2D eigenvalue weighted by molar-refractivity contribution is -0.218. The molecular formula is C40H65N3O2S. The van der Waals surface area contributed by atoms with Crippen molar-refractivity contribution in [1.29, 1.82) is 0 Å². The summed E-state index contributed by atoms with van der Waals surface area (Å²) in [7, 11) is 0. The summed E-state index contributed by atoms with van der Waals surface area (Å²) in [6.45, 7) is 20.6. The van der Waals surface area contributed by atoms with Gasteiger partial charge in [-0.2, -0.15) is 0 Å². The second kappa shape index (κ2) is 12.2. The molecule has 0 spiro atoms. The highest BCUT2D eigenvalue weighted by molar-refractivity contribution is 7.96. The molecule has 5 nitrogen and oxygen atoms in total. The second-order valence-corrected chi connectivity index (χ2v) is 19.2. The smallest absolute Gasteiger partial charge is 0.306 e. The number of piperazine rings is 1. The fourth-order valence-electron chi connectivity index (χ4n) is 13.9. The first kappa shape index (κ1) is 33.7. The van der Waals surface area contributed by atoms with Crippen LogP contribution < -0.4 is 5.32 Å². The molecule has 9 atom stereocenters. The lowest BCUT2D eigenvalue weighted by atomic mass is 9.33. The second-order valence-electron chi connectivity index (χ2n) is 18.3. The van der Waals surface area contributed by atoms with Crippen LogP contribution in [0.15, 0.2) is 23.3 Å². The van der Waals surface area contributed by atoms with Gasteiger partial charge in [0.2, 0.25) is 0 Å². The lowest BCUT2D eigenvalue weighted by Crippen LogP contribution is -2.67. The number of nitrogens with zero attached hydrogens (tertiary/aromatic N) is 2. The van der Waals surface area contributed by atoms with E-state index in [-0.39, 0.29) is 11.3 Å². The number of rotatable bonds is 7. The van der Waals surface area contributed by atoms with Crippen molar-refractivity contribution >= 4 is 17.9 Å². The first-order valence-electron chi connectivity index (χ1n) is 19.3. The molecule has 5 fully saturated rings. The van der Waals surface area contributed by atoms with Crippen molar-refractivity contribution in [2.45, 2.75) is 124 Å². The number of carboxylic acid groups (broad SMARTS) is 1. The normalized spacial score (nSPS) is 45.9. The standard InChI is InChI=1S/C40H65N3O2S/c1-36(2)30(28-9-11-29(12-10-28)35(44)45)15-18-37(3)33(36)16-19-39(5)34(37)14-13-31-32-8-7-17-40(32,21-20-38(31,39)4)41-22-23-42-24-26-43(46-6)27-25-42/h9,15,29,31-34,41H,7-8,10-14,16-27H2,1-6H3,(H,44,45)/t29?,31?,32-,33?,34?,37?,38-,39?,40?/m1/s1. The highest BCUT2D eigenvalue weighted by atomic mass is 32.2. The van der Waals surface area contributed by atoms with Crippen molar-refractivity contribution < 1.29 is 9.90 Å². The molecule has 0 aromatic carbocycles. The monoisotopic (exact) mass is 651 g/mol. The Bertz CT molecular complexity index is 1240. The molecule has 1 aliphatic heterocycles. The van der Waals surface area contributed by atoms with E-state index in [2.05, 4.69) is 67.5 Å². The van der Waals surface area contributed by atoms with Crippen LogP contribution in [-0.2, 0) is 4.79 Å². The van der Waals surface area contributed by atoms with E-state index in [1.54, 1.807) is 5.57 Å². The van der Waals surface area contributed by atoms with E-state index in [1.165, 1.54) is 103 Å². The van der Waals surface area contributed by atoms with Crippen molar-refractivity contribution in [3.63, 3.8) is 0 Å². The van der Waals surface area contributed by atoms with Crippen LogP contribution in [0.3, 0.4) is 0 Å². The molecule has 2 N–H and O–H groups in total. The van der Waals surface area contributed by atoms with Gasteiger partial charge in [0.25, 0.3) is 0 Å². The van der Waals surface area contributed by atoms with Crippen molar-refractivity contribution in [3.05, 3.63) is 23.3 Å². The number of allylic oxidation sites excluding steroid dienone is 4. The van der Waals surface area contributed by atoms with Crippen molar-refractivity contribution in [3.8, 4) is 0 Å². The zero-order chi connectivity index (χ0) is 32.5. The van der Waals surface area contributed by atoms with Gasteiger partial charge in [-0.1, -0.05) is 65.1 Å².